The molecule has 0 spiro atoms. The van der Waals surface area contributed by atoms with E-state index in [1.165, 1.54) is 11.8 Å². The van der Waals surface area contributed by atoms with Crippen molar-refractivity contribution in [3.05, 3.63) is 53.6 Å². The first kappa shape index (κ1) is 17.8. The molecule has 6 heteroatoms. The van der Waals surface area contributed by atoms with Crippen LogP contribution in [0, 0.1) is 0 Å². The average Bonchev–Trinajstić information content (AvgIpc) is 2.57. The van der Waals surface area contributed by atoms with Crippen LogP contribution >= 0.6 is 11.6 Å². The van der Waals surface area contributed by atoms with E-state index in [-0.39, 0.29) is 24.8 Å². The molecule has 24 heavy (non-hydrogen) atoms. The van der Waals surface area contributed by atoms with Gasteiger partial charge in [0.2, 0.25) is 11.8 Å². The van der Waals surface area contributed by atoms with Gasteiger partial charge in [0.05, 0.1) is 17.8 Å². The first-order valence-electron chi connectivity index (χ1n) is 7.48. The lowest BCUT2D eigenvalue weighted by molar-refractivity contribution is -0.117. The van der Waals surface area contributed by atoms with Gasteiger partial charge in [0.1, 0.15) is 5.75 Å². The van der Waals surface area contributed by atoms with Crippen molar-refractivity contribution < 1.29 is 14.3 Å². The molecule has 0 saturated carbocycles. The molecule has 126 valence electrons. The number of hydrogen-bond donors (Lipinski definition) is 1. The minimum absolute atomic E-state index is 0.164. The van der Waals surface area contributed by atoms with Crippen LogP contribution in [0.1, 0.15) is 13.3 Å². The Morgan fingerprint density at radius 1 is 1.12 bits per heavy atom. The Hall–Kier alpha value is -2.53. The zero-order valence-corrected chi connectivity index (χ0v) is 14.3. The second kappa shape index (κ2) is 8.36. The van der Waals surface area contributed by atoms with Gasteiger partial charge < -0.3 is 15.0 Å². The van der Waals surface area contributed by atoms with Gasteiger partial charge in [-0.05, 0) is 36.4 Å². The number of anilines is 2. The maximum atomic E-state index is 12.1. The average molecular weight is 347 g/mol. The van der Waals surface area contributed by atoms with Gasteiger partial charge in [0.15, 0.2) is 0 Å². The van der Waals surface area contributed by atoms with Gasteiger partial charge in [0.25, 0.3) is 0 Å². The standard InChI is InChI=1S/C18H19ClN2O3/c1-13(22)21(17-6-4-3-5-16(17)19)12-11-18(23)20-14-7-9-15(24-2)10-8-14/h3-10H,11-12H2,1-2H3,(H,20,23). The van der Waals surface area contributed by atoms with E-state index in [4.69, 9.17) is 16.3 Å². The zero-order chi connectivity index (χ0) is 17.5. The maximum absolute atomic E-state index is 12.1. The van der Waals surface area contributed by atoms with E-state index in [1.807, 2.05) is 0 Å². The lowest BCUT2D eigenvalue weighted by Gasteiger charge is -2.22. The van der Waals surface area contributed by atoms with Crippen LogP contribution in [0.2, 0.25) is 5.02 Å². The van der Waals surface area contributed by atoms with E-state index in [1.54, 1.807) is 55.6 Å². The highest BCUT2D eigenvalue weighted by molar-refractivity contribution is 6.33. The molecule has 5 nitrogen and oxygen atoms in total. The molecule has 2 aromatic rings. The summed E-state index contributed by atoms with van der Waals surface area (Å²) in [6.07, 6.45) is 0.164. The van der Waals surface area contributed by atoms with Crippen LogP contribution in [0.4, 0.5) is 11.4 Å². The Kier molecular flexibility index (Phi) is 6.21. The van der Waals surface area contributed by atoms with Crippen molar-refractivity contribution in [3.8, 4) is 5.75 Å². The number of carbonyl (C=O) groups is 2. The normalized spacial score (nSPS) is 10.1. The second-order valence-corrected chi connectivity index (χ2v) is 5.56. The molecule has 0 aliphatic heterocycles. The molecule has 0 aliphatic carbocycles. The first-order valence-corrected chi connectivity index (χ1v) is 7.85. The molecular weight excluding hydrogens is 328 g/mol. The molecule has 0 saturated heterocycles. The van der Waals surface area contributed by atoms with Gasteiger partial charge in [-0.2, -0.15) is 0 Å². The fourth-order valence-electron chi connectivity index (χ4n) is 2.23. The highest BCUT2D eigenvalue weighted by atomic mass is 35.5. The summed E-state index contributed by atoms with van der Waals surface area (Å²) in [4.78, 5) is 25.5. The molecule has 0 bridgehead atoms. The number of ether oxygens (including phenoxy) is 1. The predicted molar refractivity (Wildman–Crippen MR) is 95.7 cm³/mol. The molecule has 0 atom stereocenters. The van der Waals surface area contributed by atoms with E-state index in [2.05, 4.69) is 5.32 Å². The van der Waals surface area contributed by atoms with E-state index in [0.29, 0.717) is 16.4 Å². The lowest BCUT2D eigenvalue weighted by Crippen LogP contribution is -2.32. The number of amides is 2. The van der Waals surface area contributed by atoms with Crippen LogP contribution in [0.3, 0.4) is 0 Å². The molecule has 0 aliphatic rings. The van der Waals surface area contributed by atoms with E-state index in [9.17, 15) is 9.59 Å². The number of benzene rings is 2. The van der Waals surface area contributed by atoms with Crippen LogP contribution in [0.15, 0.2) is 48.5 Å². The quantitative estimate of drug-likeness (QED) is 0.867. The predicted octanol–water partition coefficient (Wildman–Crippen LogP) is 3.73. The van der Waals surface area contributed by atoms with Crippen molar-refractivity contribution in [2.24, 2.45) is 0 Å². The first-order chi connectivity index (χ1) is 11.5. The Labute approximate surface area is 146 Å². The van der Waals surface area contributed by atoms with E-state index in [0.717, 1.165) is 5.75 Å². The topological polar surface area (TPSA) is 58.6 Å². The van der Waals surface area contributed by atoms with Crippen molar-refractivity contribution in [2.75, 3.05) is 23.9 Å². The highest BCUT2D eigenvalue weighted by Gasteiger charge is 2.15. The smallest absolute Gasteiger partial charge is 0.226 e. The van der Waals surface area contributed by atoms with Gasteiger partial charge in [-0.25, -0.2) is 0 Å². The molecule has 1 N–H and O–H groups in total. The Morgan fingerprint density at radius 3 is 2.38 bits per heavy atom. The summed E-state index contributed by atoms with van der Waals surface area (Å²) in [7, 11) is 1.58. The summed E-state index contributed by atoms with van der Waals surface area (Å²) in [5.41, 5.74) is 1.27. The number of para-hydroxylation sites is 1. The molecule has 2 rings (SSSR count). The van der Waals surface area contributed by atoms with Crippen molar-refractivity contribution in [2.45, 2.75) is 13.3 Å². The fraction of sp³-hybridized carbons (Fsp3) is 0.222. The van der Waals surface area contributed by atoms with Crippen LogP contribution < -0.4 is 15.0 Å². The minimum Gasteiger partial charge on any atom is -0.497 e. The second-order valence-electron chi connectivity index (χ2n) is 5.15. The number of carbonyl (C=O) groups excluding carboxylic acids is 2. The summed E-state index contributed by atoms with van der Waals surface area (Å²) < 4.78 is 5.07. The number of methoxy groups -OCH3 is 1. The number of halogens is 1. The molecule has 2 aromatic carbocycles. The van der Waals surface area contributed by atoms with Gasteiger partial charge >= 0.3 is 0 Å². The van der Waals surface area contributed by atoms with E-state index >= 15 is 0 Å². The number of nitrogens with one attached hydrogen (secondary N) is 1. The third-order valence-electron chi connectivity index (χ3n) is 3.46. The largest absolute Gasteiger partial charge is 0.497 e. The maximum Gasteiger partial charge on any atom is 0.226 e. The zero-order valence-electron chi connectivity index (χ0n) is 13.6. The van der Waals surface area contributed by atoms with Crippen molar-refractivity contribution in [1.82, 2.24) is 0 Å². The van der Waals surface area contributed by atoms with E-state index < -0.39 is 0 Å². The van der Waals surface area contributed by atoms with Gasteiger partial charge in [0, 0.05) is 25.6 Å². The van der Waals surface area contributed by atoms with Crippen molar-refractivity contribution >= 4 is 34.8 Å². The summed E-state index contributed by atoms with van der Waals surface area (Å²) in [6.45, 7) is 1.70. The van der Waals surface area contributed by atoms with Gasteiger partial charge in [-0.3, -0.25) is 9.59 Å². The van der Waals surface area contributed by atoms with Crippen LogP contribution in [0.25, 0.3) is 0 Å². The SMILES string of the molecule is COc1ccc(NC(=O)CCN(C(C)=O)c2ccccc2Cl)cc1. The third kappa shape index (κ3) is 4.73. The number of nitrogens with zero attached hydrogens (tertiary/aromatic N) is 1. The van der Waals surface area contributed by atoms with Crippen LogP contribution in [-0.4, -0.2) is 25.5 Å². The summed E-state index contributed by atoms with van der Waals surface area (Å²) >= 11 is 6.13. The van der Waals surface area contributed by atoms with Gasteiger partial charge in [-0.15, -0.1) is 0 Å². The molecule has 0 aromatic heterocycles. The third-order valence-corrected chi connectivity index (χ3v) is 3.78. The molecule has 0 heterocycles. The highest BCUT2D eigenvalue weighted by Crippen LogP contribution is 2.25. The molecule has 0 unspecified atom stereocenters. The summed E-state index contributed by atoms with van der Waals surface area (Å²) in [5.74, 6) is 0.369. The minimum atomic E-state index is -0.182. The summed E-state index contributed by atoms with van der Waals surface area (Å²) in [6, 6.07) is 14.1. The van der Waals surface area contributed by atoms with Crippen LogP contribution in [-0.2, 0) is 9.59 Å². The molecular formula is C18H19ClN2O3. The Balaban J connectivity index is 1.97. The van der Waals surface area contributed by atoms with Gasteiger partial charge in [-0.1, -0.05) is 23.7 Å². The monoisotopic (exact) mass is 346 g/mol. The summed E-state index contributed by atoms with van der Waals surface area (Å²) in [5, 5.41) is 3.26. The molecule has 2 amide bonds. The Morgan fingerprint density at radius 2 is 1.79 bits per heavy atom. The fourth-order valence-corrected chi connectivity index (χ4v) is 2.47. The number of hydrogen-bond acceptors (Lipinski definition) is 3. The van der Waals surface area contributed by atoms with Crippen LogP contribution in [0.5, 0.6) is 5.75 Å². The molecule has 0 fully saturated rings. The lowest BCUT2D eigenvalue weighted by atomic mass is 10.2. The Bertz CT molecular complexity index is 716. The number of rotatable bonds is 6. The van der Waals surface area contributed by atoms with Crippen molar-refractivity contribution in [3.63, 3.8) is 0 Å². The molecule has 0 radical (unpaired) electrons. The van der Waals surface area contributed by atoms with Crippen molar-refractivity contribution in [1.29, 1.82) is 0 Å².